The molecular weight excluding hydrogens is 446 g/mol. The average molecular weight is 470 g/mol. The molecule has 6 nitrogen and oxygen atoms in total. The standard InChI is InChI=1S/C24H24ClN3O3S/c1-18-6-5-7-19(16-18)26-32(30,31)21-10-11-23(25)22(17-21)24(29)28-14-12-27(13-15-28)20-8-3-2-4-9-20/h2-11,16-17,26H,12-15H2,1H3. The van der Waals surface area contributed by atoms with Gasteiger partial charge in [0.05, 0.1) is 15.5 Å². The van der Waals surface area contributed by atoms with Crippen molar-refractivity contribution in [2.24, 2.45) is 0 Å². The first kappa shape index (κ1) is 22.2. The average Bonchev–Trinajstić information content (AvgIpc) is 2.79. The first-order chi connectivity index (χ1) is 15.3. The van der Waals surface area contributed by atoms with Crippen molar-refractivity contribution in [3.63, 3.8) is 0 Å². The fourth-order valence-electron chi connectivity index (χ4n) is 3.73. The number of halogens is 1. The molecular formula is C24H24ClN3O3S. The van der Waals surface area contributed by atoms with Gasteiger partial charge < -0.3 is 9.80 Å². The highest BCUT2D eigenvalue weighted by Crippen LogP contribution is 2.25. The summed E-state index contributed by atoms with van der Waals surface area (Å²) >= 11 is 6.29. The molecule has 1 fully saturated rings. The van der Waals surface area contributed by atoms with Crippen LogP contribution in [0.25, 0.3) is 0 Å². The highest BCUT2D eigenvalue weighted by Gasteiger charge is 2.25. The molecule has 1 amide bonds. The van der Waals surface area contributed by atoms with Crippen LogP contribution in [0, 0.1) is 6.92 Å². The van der Waals surface area contributed by atoms with Crippen LogP contribution >= 0.6 is 11.6 Å². The lowest BCUT2D eigenvalue weighted by molar-refractivity contribution is 0.0746. The number of nitrogens with one attached hydrogen (secondary N) is 1. The molecule has 0 aliphatic carbocycles. The zero-order chi connectivity index (χ0) is 22.7. The number of benzene rings is 3. The Morgan fingerprint density at radius 2 is 1.62 bits per heavy atom. The first-order valence-electron chi connectivity index (χ1n) is 10.3. The minimum absolute atomic E-state index is 0.00493. The summed E-state index contributed by atoms with van der Waals surface area (Å²) < 4.78 is 28.3. The van der Waals surface area contributed by atoms with E-state index in [1.54, 1.807) is 23.1 Å². The van der Waals surface area contributed by atoms with Crippen molar-refractivity contribution in [1.29, 1.82) is 0 Å². The summed E-state index contributed by atoms with van der Waals surface area (Å²) in [5.74, 6) is -0.268. The van der Waals surface area contributed by atoms with E-state index in [1.165, 1.54) is 18.2 Å². The van der Waals surface area contributed by atoms with E-state index >= 15 is 0 Å². The largest absolute Gasteiger partial charge is 0.368 e. The maximum absolute atomic E-state index is 13.2. The lowest BCUT2D eigenvalue weighted by atomic mass is 10.1. The van der Waals surface area contributed by atoms with Gasteiger partial charge in [-0.25, -0.2) is 8.42 Å². The molecule has 0 radical (unpaired) electrons. The number of aryl methyl sites for hydroxylation is 1. The lowest BCUT2D eigenvalue weighted by Gasteiger charge is -2.36. The topological polar surface area (TPSA) is 69.7 Å². The molecule has 8 heteroatoms. The van der Waals surface area contributed by atoms with Gasteiger partial charge in [-0.3, -0.25) is 9.52 Å². The Labute approximate surface area is 193 Å². The molecule has 1 aliphatic rings. The minimum Gasteiger partial charge on any atom is -0.368 e. The van der Waals surface area contributed by atoms with Crippen LogP contribution in [0.4, 0.5) is 11.4 Å². The highest BCUT2D eigenvalue weighted by molar-refractivity contribution is 7.92. The van der Waals surface area contributed by atoms with Gasteiger partial charge in [-0.2, -0.15) is 0 Å². The van der Waals surface area contributed by atoms with Gasteiger partial charge in [0.15, 0.2) is 0 Å². The second-order valence-corrected chi connectivity index (χ2v) is 9.82. The number of rotatable bonds is 5. The monoisotopic (exact) mass is 469 g/mol. The molecule has 4 rings (SSSR count). The van der Waals surface area contributed by atoms with Gasteiger partial charge in [0.1, 0.15) is 0 Å². The van der Waals surface area contributed by atoms with E-state index in [2.05, 4.69) is 9.62 Å². The Morgan fingerprint density at radius 3 is 2.31 bits per heavy atom. The summed E-state index contributed by atoms with van der Waals surface area (Å²) in [4.78, 5) is 17.1. The van der Waals surface area contributed by atoms with Crippen LogP contribution in [0.15, 0.2) is 77.7 Å². The number of amides is 1. The van der Waals surface area contributed by atoms with Crippen LogP contribution in [0.1, 0.15) is 15.9 Å². The van der Waals surface area contributed by atoms with E-state index in [0.717, 1.165) is 11.3 Å². The molecule has 3 aromatic rings. The summed E-state index contributed by atoms with van der Waals surface area (Å²) in [5, 5.41) is 0.231. The predicted molar refractivity (Wildman–Crippen MR) is 128 cm³/mol. The fraction of sp³-hybridized carbons (Fsp3) is 0.208. The number of anilines is 2. The molecule has 32 heavy (non-hydrogen) atoms. The van der Waals surface area contributed by atoms with Gasteiger partial charge in [-0.15, -0.1) is 0 Å². The smallest absolute Gasteiger partial charge is 0.261 e. The number of hydrogen-bond acceptors (Lipinski definition) is 4. The van der Waals surface area contributed by atoms with Crippen LogP contribution in [-0.2, 0) is 10.0 Å². The second-order valence-electron chi connectivity index (χ2n) is 7.73. The maximum Gasteiger partial charge on any atom is 0.261 e. The van der Waals surface area contributed by atoms with Crippen molar-refractivity contribution in [1.82, 2.24) is 4.90 Å². The quantitative estimate of drug-likeness (QED) is 0.600. The highest BCUT2D eigenvalue weighted by atomic mass is 35.5. The summed E-state index contributed by atoms with van der Waals surface area (Å²) in [7, 11) is -3.87. The lowest BCUT2D eigenvalue weighted by Crippen LogP contribution is -2.48. The number of hydrogen-bond donors (Lipinski definition) is 1. The molecule has 0 bridgehead atoms. The predicted octanol–water partition coefficient (Wildman–Crippen LogP) is 4.41. The van der Waals surface area contributed by atoms with E-state index in [0.29, 0.717) is 31.9 Å². The van der Waals surface area contributed by atoms with Gasteiger partial charge in [0.25, 0.3) is 15.9 Å². The molecule has 1 saturated heterocycles. The zero-order valence-corrected chi connectivity index (χ0v) is 19.2. The second kappa shape index (κ2) is 9.22. The van der Waals surface area contributed by atoms with Crippen molar-refractivity contribution in [3.05, 3.63) is 88.9 Å². The third-order valence-corrected chi connectivity index (χ3v) is 7.15. The third-order valence-electron chi connectivity index (χ3n) is 5.44. The van der Waals surface area contributed by atoms with Crippen LogP contribution in [0.5, 0.6) is 0 Å². The zero-order valence-electron chi connectivity index (χ0n) is 17.7. The van der Waals surface area contributed by atoms with Gasteiger partial charge in [-0.05, 0) is 55.0 Å². The van der Waals surface area contributed by atoms with Crippen LogP contribution in [0.2, 0.25) is 5.02 Å². The van der Waals surface area contributed by atoms with Gasteiger partial charge in [-0.1, -0.05) is 41.9 Å². The molecule has 166 valence electrons. The molecule has 0 aromatic heterocycles. The molecule has 1 heterocycles. The molecule has 1 aliphatic heterocycles. The Morgan fingerprint density at radius 1 is 0.906 bits per heavy atom. The van der Waals surface area contributed by atoms with Crippen molar-refractivity contribution in [3.8, 4) is 0 Å². The van der Waals surface area contributed by atoms with Crippen LogP contribution < -0.4 is 9.62 Å². The van der Waals surface area contributed by atoms with E-state index < -0.39 is 10.0 Å². The van der Waals surface area contributed by atoms with Gasteiger partial charge >= 0.3 is 0 Å². The molecule has 1 N–H and O–H groups in total. The SMILES string of the molecule is Cc1cccc(NS(=O)(=O)c2ccc(Cl)c(C(=O)N3CCN(c4ccccc4)CC3)c2)c1. The Bertz CT molecular complexity index is 1220. The molecule has 0 unspecified atom stereocenters. The summed E-state index contributed by atoms with van der Waals surface area (Å²) in [6.07, 6.45) is 0. The maximum atomic E-state index is 13.2. The normalized spacial score (nSPS) is 14.3. The molecule has 0 atom stereocenters. The Kier molecular flexibility index (Phi) is 6.39. The molecule has 0 saturated carbocycles. The number of nitrogens with zero attached hydrogens (tertiary/aromatic N) is 2. The fourth-order valence-corrected chi connectivity index (χ4v) is 5.01. The van der Waals surface area contributed by atoms with Crippen LogP contribution in [-0.4, -0.2) is 45.4 Å². The number of carbonyl (C=O) groups is 1. The number of para-hydroxylation sites is 1. The first-order valence-corrected chi connectivity index (χ1v) is 12.2. The van der Waals surface area contributed by atoms with E-state index in [9.17, 15) is 13.2 Å². The van der Waals surface area contributed by atoms with E-state index in [4.69, 9.17) is 11.6 Å². The Balaban J connectivity index is 1.50. The molecule has 3 aromatic carbocycles. The third kappa shape index (κ3) is 4.89. The van der Waals surface area contributed by atoms with E-state index in [-0.39, 0.29) is 21.4 Å². The summed E-state index contributed by atoms with van der Waals surface area (Å²) in [5.41, 5.74) is 2.71. The van der Waals surface area contributed by atoms with E-state index in [1.807, 2.05) is 43.3 Å². The van der Waals surface area contributed by atoms with Gasteiger partial charge in [0.2, 0.25) is 0 Å². The number of carbonyl (C=O) groups excluding carboxylic acids is 1. The van der Waals surface area contributed by atoms with Crippen molar-refractivity contribution >= 4 is 38.9 Å². The van der Waals surface area contributed by atoms with Crippen molar-refractivity contribution in [2.75, 3.05) is 35.8 Å². The number of piperazine rings is 1. The summed E-state index contributed by atoms with van der Waals surface area (Å²) in [6, 6.07) is 21.3. The van der Waals surface area contributed by atoms with Crippen LogP contribution in [0.3, 0.4) is 0 Å². The number of sulfonamides is 1. The van der Waals surface area contributed by atoms with Gasteiger partial charge in [0, 0.05) is 37.6 Å². The molecule has 0 spiro atoms. The van der Waals surface area contributed by atoms with Crippen molar-refractivity contribution < 1.29 is 13.2 Å². The summed E-state index contributed by atoms with van der Waals surface area (Å²) in [6.45, 7) is 4.33. The minimum atomic E-state index is -3.87. The Hall–Kier alpha value is -3.03. The van der Waals surface area contributed by atoms with Crippen molar-refractivity contribution in [2.45, 2.75) is 11.8 Å².